The van der Waals surface area contributed by atoms with Crippen molar-refractivity contribution in [2.24, 2.45) is 0 Å². The van der Waals surface area contributed by atoms with E-state index in [9.17, 15) is 0 Å². The monoisotopic (exact) mass is 264 g/mol. The van der Waals surface area contributed by atoms with Gasteiger partial charge in [0.15, 0.2) is 11.0 Å². The van der Waals surface area contributed by atoms with Gasteiger partial charge in [0.05, 0.1) is 0 Å². The van der Waals surface area contributed by atoms with E-state index >= 15 is 0 Å². The van der Waals surface area contributed by atoms with Crippen molar-refractivity contribution < 1.29 is 4.74 Å². The first-order chi connectivity index (χ1) is 8.86. The topological polar surface area (TPSA) is 52.8 Å². The molecule has 6 heteroatoms. The maximum atomic E-state index is 5.09. The minimum absolute atomic E-state index is 0.738. The highest BCUT2D eigenvalue weighted by atomic mass is 32.2. The van der Waals surface area contributed by atoms with E-state index in [1.165, 1.54) is 0 Å². The highest BCUT2D eigenvalue weighted by molar-refractivity contribution is 7.98. The third-order valence-electron chi connectivity index (χ3n) is 2.57. The van der Waals surface area contributed by atoms with Crippen molar-refractivity contribution in [2.45, 2.75) is 18.1 Å². The number of methoxy groups -OCH3 is 1. The van der Waals surface area contributed by atoms with Gasteiger partial charge in [0.2, 0.25) is 0 Å². The van der Waals surface area contributed by atoms with Crippen molar-refractivity contribution in [3.05, 3.63) is 24.5 Å². The second-order valence-corrected chi connectivity index (χ2v) is 4.52. The molecule has 2 rings (SSSR count). The summed E-state index contributed by atoms with van der Waals surface area (Å²) >= 11 is 1.60. The Kier molecular flexibility index (Phi) is 4.72. The second kappa shape index (κ2) is 6.51. The van der Waals surface area contributed by atoms with Crippen LogP contribution in [0, 0.1) is 0 Å². The van der Waals surface area contributed by atoms with Crippen LogP contribution in [0.4, 0.5) is 0 Å². The molecule has 96 valence electrons. The Morgan fingerprint density at radius 3 is 2.72 bits per heavy atom. The Balaban J connectivity index is 2.27. The van der Waals surface area contributed by atoms with Gasteiger partial charge in [-0.1, -0.05) is 11.8 Å². The zero-order valence-corrected chi connectivity index (χ0v) is 11.4. The molecule has 2 heterocycles. The summed E-state index contributed by atoms with van der Waals surface area (Å²) in [5, 5.41) is 9.39. The zero-order chi connectivity index (χ0) is 12.8. The third-order valence-corrected chi connectivity index (χ3v) is 3.24. The first-order valence-electron chi connectivity index (χ1n) is 5.73. The lowest BCUT2D eigenvalue weighted by Crippen LogP contribution is -2.05. The van der Waals surface area contributed by atoms with Crippen molar-refractivity contribution in [3.63, 3.8) is 0 Å². The highest BCUT2D eigenvalue weighted by Gasteiger charge is 2.12. The summed E-state index contributed by atoms with van der Waals surface area (Å²) in [6.07, 6.45) is 6.48. The highest BCUT2D eigenvalue weighted by Crippen LogP contribution is 2.22. The molecule has 0 aliphatic carbocycles. The van der Waals surface area contributed by atoms with Gasteiger partial charge in [-0.05, 0) is 24.8 Å². The molecular formula is C12H16N4OS. The Bertz CT molecular complexity index is 486. The van der Waals surface area contributed by atoms with Gasteiger partial charge < -0.3 is 9.30 Å². The Labute approximate surface area is 111 Å². The van der Waals surface area contributed by atoms with E-state index in [1.54, 1.807) is 31.3 Å². The quantitative estimate of drug-likeness (QED) is 0.591. The molecule has 0 spiro atoms. The van der Waals surface area contributed by atoms with E-state index in [0.29, 0.717) is 0 Å². The fraction of sp³-hybridized carbons (Fsp3) is 0.417. The van der Waals surface area contributed by atoms with Crippen LogP contribution in [-0.2, 0) is 11.3 Å². The molecule has 2 aromatic rings. The third kappa shape index (κ3) is 2.88. The van der Waals surface area contributed by atoms with Gasteiger partial charge in [-0.15, -0.1) is 10.2 Å². The smallest absolute Gasteiger partial charge is 0.191 e. The molecule has 0 N–H and O–H groups in total. The normalized spacial score (nSPS) is 10.8. The van der Waals surface area contributed by atoms with E-state index in [0.717, 1.165) is 36.1 Å². The molecule has 18 heavy (non-hydrogen) atoms. The Morgan fingerprint density at radius 1 is 1.28 bits per heavy atom. The summed E-state index contributed by atoms with van der Waals surface area (Å²) < 4.78 is 7.21. The van der Waals surface area contributed by atoms with E-state index in [1.807, 2.05) is 18.4 Å². The first-order valence-corrected chi connectivity index (χ1v) is 6.96. The second-order valence-electron chi connectivity index (χ2n) is 3.74. The van der Waals surface area contributed by atoms with Crippen LogP contribution in [0.3, 0.4) is 0 Å². The van der Waals surface area contributed by atoms with Gasteiger partial charge in [-0.25, -0.2) is 0 Å². The molecule has 0 bridgehead atoms. The van der Waals surface area contributed by atoms with E-state index in [4.69, 9.17) is 4.74 Å². The van der Waals surface area contributed by atoms with E-state index < -0.39 is 0 Å². The Morgan fingerprint density at radius 2 is 2.06 bits per heavy atom. The van der Waals surface area contributed by atoms with Crippen LogP contribution in [0.15, 0.2) is 29.7 Å². The number of ether oxygens (including phenoxy) is 1. The number of hydrogen-bond donors (Lipinski definition) is 0. The molecule has 0 atom stereocenters. The maximum Gasteiger partial charge on any atom is 0.191 e. The van der Waals surface area contributed by atoms with Crippen molar-refractivity contribution in [1.82, 2.24) is 19.7 Å². The van der Waals surface area contributed by atoms with Crippen LogP contribution in [-0.4, -0.2) is 39.7 Å². The molecule has 5 nitrogen and oxygen atoms in total. The van der Waals surface area contributed by atoms with Gasteiger partial charge in [0, 0.05) is 38.2 Å². The fourth-order valence-electron chi connectivity index (χ4n) is 1.72. The minimum atomic E-state index is 0.738. The van der Waals surface area contributed by atoms with Crippen LogP contribution in [0.5, 0.6) is 0 Å². The van der Waals surface area contributed by atoms with Crippen molar-refractivity contribution >= 4 is 11.8 Å². The molecule has 0 aromatic carbocycles. The molecule has 0 unspecified atom stereocenters. The average molecular weight is 264 g/mol. The summed E-state index contributed by atoms with van der Waals surface area (Å²) in [6.45, 7) is 1.59. The summed E-state index contributed by atoms with van der Waals surface area (Å²) in [4.78, 5) is 4.02. The standard InChI is InChI=1S/C12H16N4OS/c1-17-9-3-8-16-11(14-15-12(16)18-2)10-4-6-13-7-5-10/h4-7H,3,8-9H2,1-2H3. The minimum Gasteiger partial charge on any atom is -0.385 e. The molecule has 0 saturated heterocycles. The summed E-state index contributed by atoms with van der Waals surface area (Å²) in [5.41, 5.74) is 1.04. The number of pyridine rings is 1. The zero-order valence-electron chi connectivity index (χ0n) is 10.5. The van der Waals surface area contributed by atoms with Crippen LogP contribution < -0.4 is 0 Å². The van der Waals surface area contributed by atoms with Crippen molar-refractivity contribution in [2.75, 3.05) is 20.0 Å². The summed E-state index contributed by atoms with van der Waals surface area (Å²) in [5.74, 6) is 0.887. The van der Waals surface area contributed by atoms with E-state index in [-0.39, 0.29) is 0 Å². The number of hydrogen-bond acceptors (Lipinski definition) is 5. The molecule has 2 aromatic heterocycles. The van der Waals surface area contributed by atoms with Crippen molar-refractivity contribution in [3.8, 4) is 11.4 Å². The largest absolute Gasteiger partial charge is 0.385 e. The van der Waals surface area contributed by atoms with Gasteiger partial charge in [-0.2, -0.15) is 0 Å². The van der Waals surface area contributed by atoms with Gasteiger partial charge in [-0.3, -0.25) is 4.98 Å². The lowest BCUT2D eigenvalue weighted by Gasteiger charge is -2.08. The molecule has 0 aliphatic rings. The number of rotatable bonds is 6. The summed E-state index contributed by atoms with van der Waals surface area (Å²) in [7, 11) is 1.71. The van der Waals surface area contributed by atoms with Crippen LogP contribution in [0.2, 0.25) is 0 Å². The molecule has 0 saturated carbocycles. The number of nitrogens with zero attached hydrogens (tertiary/aromatic N) is 4. The molecule has 0 aliphatic heterocycles. The summed E-state index contributed by atoms with van der Waals surface area (Å²) in [6, 6.07) is 3.89. The predicted octanol–water partition coefficient (Wildman–Crippen LogP) is 2.10. The van der Waals surface area contributed by atoms with Crippen molar-refractivity contribution in [1.29, 1.82) is 0 Å². The van der Waals surface area contributed by atoms with Crippen LogP contribution in [0.1, 0.15) is 6.42 Å². The average Bonchev–Trinajstić information content (AvgIpc) is 2.83. The lowest BCUT2D eigenvalue weighted by atomic mass is 10.2. The van der Waals surface area contributed by atoms with Gasteiger partial charge >= 0.3 is 0 Å². The number of aromatic nitrogens is 4. The van der Waals surface area contributed by atoms with E-state index in [2.05, 4.69) is 19.7 Å². The maximum absolute atomic E-state index is 5.09. The molecule has 0 radical (unpaired) electrons. The lowest BCUT2D eigenvalue weighted by molar-refractivity contribution is 0.189. The van der Waals surface area contributed by atoms with Crippen LogP contribution in [0.25, 0.3) is 11.4 Å². The van der Waals surface area contributed by atoms with Gasteiger partial charge in [0.25, 0.3) is 0 Å². The predicted molar refractivity (Wildman–Crippen MR) is 71.5 cm³/mol. The SMILES string of the molecule is COCCCn1c(SC)nnc1-c1ccncc1. The Hall–Kier alpha value is -1.40. The fourth-order valence-corrected chi connectivity index (χ4v) is 2.24. The number of thioether (sulfide) groups is 1. The molecule has 0 fully saturated rings. The molecular weight excluding hydrogens is 248 g/mol. The molecule has 0 amide bonds. The van der Waals surface area contributed by atoms with Crippen LogP contribution >= 0.6 is 11.8 Å². The van der Waals surface area contributed by atoms with Gasteiger partial charge in [0.1, 0.15) is 0 Å². The first kappa shape index (κ1) is 13.0.